The van der Waals surface area contributed by atoms with Crippen LogP contribution in [0.15, 0.2) is 206 Å². The Morgan fingerprint density at radius 3 is 1.75 bits per heavy atom. The summed E-state index contributed by atoms with van der Waals surface area (Å²) < 4.78 is 2.39. The van der Waals surface area contributed by atoms with E-state index in [0.717, 1.165) is 23.1 Å². The first-order chi connectivity index (χ1) is 35.5. The molecule has 2 aromatic heterocycles. The lowest BCUT2D eigenvalue weighted by atomic mass is 9.43. The highest BCUT2D eigenvalue weighted by atomic mass is 15.0. The number of para-hydroxylation sites is 2. The van der Waals surface area contributed by atoms with Gasteiger partial charge in [-0.05, 0) is 165 Å². The molecule has 72 heavy (non-hydrogen) atoms. The molecule has 5 unspecified atom stereocenters. The molecule has 0 bridgehead atoms. The van der Waals surface area contributed by atoms with E-state index in [1.807, 2.05) is 0 Å². The Hall–Kier alpha value is -7.55. The molecule has 0 saturated heterocycles. The summed E-state index contributed by atoms with van der Waals surface area (Å²) in [6.07, 6.45) is 9.60. The number of benzene rings is 9. The van der Waals surface area contributed by atoms with Crippen molar-refractivity contribution in [3.63, 3.8) is 0 Å². The van der Waals surface area contributed by atoms with Crippen LogP contribution in [0.5, 0.6) is 0 Å². The molecule has 9 aromatic carbocycles. The molecule has 348 valence electrons. The highest BCUT2D eigenvalue weighted by Crippen LogP contribution is 2.78. The molecule has 0 amide bonds. The van der Waals surface area contributed by atoms with Gasteiger partial charge in [0, 0.05) is 27.0 Å². The van der Waals surface area contributed by atoms with Crippen molar-refractivity contribution >= 4 is 38.4 Å². The number of pyridine rings is 1. The Labute approximate surface area is 423 Å². The summed E-state index contributed by atoms with van der Waals surface area (Å²) in [6, 6.07) is 79.9. The zero-order valence-electron chi connectivity index (χ0n) is 41.3. The van der Waals surface area contributed by atoms with Crippen LogP contribution >= 0.6 is 0 Å². The Morgan fingerprint density at radius 1 is 0.431 bits per heavy atom. The van der Waals surface area contributed by atoms with E-state index in [2.05, 4.69) is 225 Å². The summed E-state index contributed by atoms with van der Waals surface area (Å²) in [5.74, 6) is 0.706. The van der Waals surface area contributed by atoms with Crippen molar-refractivity contribution in [2.45, 2.75) is 87.4 Å². The topological polar surface area (TPSA) is 17.3 Å². The van der Waals surface area contributed by atoms with Crippen molar-refractivity contribution in [2.75, 3.05) is 0 Å². The van der Waals surface area contributed by atoms with Crippen LogP contribution in [-0.4, -0.2) is 9.38 Å². The molecule has 3 saturated carbocycles. The van der Waals surface area contributed by atoms with Gasteiger partial charge in [-0.15, -0.1) is 0 Å². The molecule has 0 radical (unpaired) electrons. The van der Waals surface area contributed by atoms with Crippen LogP contribution in [0.3, 0.4) is 0 Å². The van der Waals surface area contributed by atoms with E-state index in [0.29, 0.717) is 11.8 Å². The fourth-order valence-electron chi connectivity index (χ4n) is 16.7. The number of imidazole rings is 1. The van der Waals surface area contributed by atoms with Gasteiger partial charge in [0.25, 0.3) is 0 Å². The highest BCUT2D eigenvalue weighted by molar-refractivity contribution is 6.15. The van der Waals surface area contributed by atoms with Crippen molar-refractivity contribution < 1.29 is 0 Å². The third kappa shape index (κ3) is 5.64. The molecule has 5 atom stereocenters. The van der Waals surface area contributed by atoms with Gasteiger partial charge in [0.05, 0.1) is 16.6 Å². The van der Waals surface area contributed by atoms with Gasteiger partial charge in [-0.25, -0.2) is 4.98 Å². The molecule has 15 rings (SSSR count). The Morgan fingerprint density at radius 2 is 1.00 bits per heavy atom. The van der Waals surface area contributed by atoms with Crippen LogP contribution in [0.4, 0.5) is 0 Å². The van der Waals surface area contributed by atoms with Gasteiger partial charge in [0.15, 0.2) is 0 Å². The quantitative estimate of drug-likeness (QED) is 0.157. The van der Waals surface area contributed by atoms with E-state index in [9.17, 15) is 0 Å². The van der Waals surface area contributed by atoms with Gasteiger partial charge in [0.2, 0.25) is 0 Å². The van der Waals surface area contributed by atoms with Gasteiger partial charge in [-0.1, -0.05) is 201 Å². The van der Waals surface area contributed by atoms with Crippen molar-refractivity contribution in [2.24, 2.45) is 5.92 Å². The summed E-state index contributed by atoms with van der Waals surface area (Å²) in [7, 11) is 0. The lowest BCUT2D eigenvalue weighted by Crippen LogP contribution is -2.57. The minimum Gasteiger partial charge on any atom is -0.292 e. The summed E-state index contributed by atoms with van der Waals surface area (Å²) in [5.41, 5.74) is 24.3. The third-order valence-electron chi connectivity index (χ3n) is 19.1. The maximum atomic E-state index is 5.23. The molecule has 0 aliphatic heterocycles. The summed E-state index contributed by atoms with van der Waals surface area (Å²) in [4.78, 5) is 5.23. The number of rotatable bonds is 5. The zero-order chi connectivity index (χ0) is 47.8. The second-order valence-electron chi connectivity index (χ2n) is 22.2. The minimum absolute atomic E-state index is 0.0679. The predicted octanol–water partition coefficient (Wildman–Crippen LogP) is 18.1. The van der Waals surface area contributed by atoms with Crippen molar-refractivity contribution in [3.8, 4) is 44.5 Å². The maximum Gasteiger partial charge on any atom is 0.146 e. The molecule has 1 spiro atoms. The fourth-order valence-corrected chi connectivity index (χ4v) is 16.7. The first kappa shape index (κ1) is 42.2. The standard InChI is InChI=1S/C70H58N2/c1-45-21-3-5-23-48(45)52-26-11-13-32-58(52)68-39-17-18-40-69(59-33-14-12-27-53(59)49-24-6-4-22-46(49)2)44-61-54-28-8-9-29-55(54)65-50(31-19-34-60(65)70(61,67(68)69)42-20-41-68)47-37-38-63-57(43-47)51-25-7-10-30-56(51)66-71-62-35-15-16-36-64(62)72(63)66/h3-16,19,21-38,43,61,67H,17-18,20,39-42,44H2,1-2H3. The molecule has 3 fully saturated rings. The lowest BCUT2D eigenvalue weighted by molar-refractivity contribution is 0.0525. The minimum atomic E-state index is -0.120. The van der Waals surface area contributed by atoms with E-state index in [1.165, 1.54) is 122 Å². The van der Waals surface area contributed by atoms with Gasteiger partial charge in [-0.3, -0.25) is 4.40 Å². The number of fused-ring (bicyclic) bond motifs is 12. The first-order valence-electron chi connectivity index (χ1n) is 26.8. The lowest BCUT2D eigenvalue weighted by Gasteiger charge is -2.60. The molecule has 11 aromatic rings. The predicted molar refractivity (Wildman–Crippen MR) is 300 cm³/mol. The average Bonchev–Trinajstić information content (AvgIpc) is 3.94. The summed E-state index contributed by atoms with van der Waals surface area (Å²) >= 11 is 0. The van der Waals surface area contributed by atoms with E-state index in [4.69, 9.17) is 4.98 Å². The van der Waals surface area contributed by atoms with Crippen molar-refractivity contribution in [1.82, 2.24) is 9.38 Å². The van der Waals surface area contributed by atoms with Crippen LogP contribution in [0, 0.1) is 19.8 Å². The van der Waals surface area contributed by atoms with Crippen LogP contribution in [0.2, 0.25) is 0 Å². The van der Waals surface area contributed by atoms with Crippen LogP contribution in [-0.2, 0) is 16.2 Å². The van der Waals surface area contributed by atoms with Gasteiger partial charge in [0.1, 0.15) is 5.65 Å². The highest BCUT2D eigenvalue weighted by Gasteiger charge is 2.72. The van der Waals surface area contributed by atoms with E-state index < -0.39 is 0 Å². The molecular formula is C70H58N2. The smallest absolute Gasteiger partial charge is 0.146 e. The number of hydrogen-bond acceptors (Lipinski definition) is 1. The molecule has 4 aliphatic rings. The summed E-state index contributed by atoms with van der Waals surface area (Å²) in [5, 5.41) is 3.70. The van der Waals surface area contributed by atoms with E-state index in [1.54, 1.807) is 22.3 Å². The largest absolute Gasteiger partial charge is 0.292 e. The third-order valence-corrected chi connectivity index (χ3v) is 19.1. The monoisotopic (exact) mass is 926 g/mol. The molecule has 4 aliphatic carbocycles. The van der Waals surface area contributed by atoms with Gasteiger partial charge in [-0.2, -0.15) is 0 Å². The number of aromatic nitrogens is 2. The Balaban J connectivity index is 1.04. The maximum absolute atomic E-state index is 5.23. The zero-order valence-corrected chi connectivity index (χ0v) is 41.3. The second kappa shape index (κ2) is 15.7. The number of nitrogens with zero attached hydrogens (tertiary/aromatic N) is 2. The number of hydrogen-bond donors (Lipinski definition) is 0. The fraction of sp³-hybridized carbons (Fsp3) is 0.214. The van der Waals surface area contributed by atoms with Gasteiger partial charge >= 0.3 is 0 Å². The summed E-state index contributed by atoms with van der Waals surface area (Å²) in [6.45, 7) is 4.64. The van der Waals surface area contributed by atoms with Crippen LogP contribution in [0.1, 0.15) is 90.7 Å². The van der Waals surface area contributed by atoms with E-state index >= 15 is 0 Å². The first-order valence-corrected chi connectivity index (χ1v) is 26.8. The molecule has 2 heterocycles. The van der Waals surface area contributed by atoms with Crippen LogP contribution < -0.4 is 0 Å². The molecule has 2 nitrogen and oxygen atoms in total. The average molecular weight is 927 g/mol. The molecular weight excluding hydrogens is 869 g/mol. The van der Waals surface area contributed by atoms with Crippen molar-refractivity contribution in [3.05, 3.63) is 240 Å². The van der Waals surface area contributed by atoms with Crippen molar-refractivity contribution in [1.29, 1.82) is 0 Å². The van der Waals surface area contributed by atoms with Crippen LogP contribution in [0.25, 0.3) is 82.9 Å². The number of aryl methyl sites for hydroxylation is 2. The Bertz CT molecular complexity index is 4020. The van der Waals surface area contributed by atoms with Gasteiger partial charge < -0.3 is 0 Å². The van der Waals surface area contributed by atoms with E-state index in [-0.39, 0.29) is 16.2 Å². The Kier molecular flexibility index (Phi) is 9.21. The second-order valence-corrected chi connectivity index (χ2v) is 22.2. The normalized spacial score (nSPS) is 23.1. The molecule has 2 heteroatoms. The SMILES string of the molecule is Cc1ccccc1-c1ccccc1C12CCCCC3(c4ccccc4-c4ccccc4C)CC4c5ccccc5-c5c(-c6ccc7c(c6)c6ccccc6c6nc8ccccc8n76)cccc5C4(CCC1)C23. The molecule has 0 N–H and O–H groups in total.